The maximum absolute atomic E-state index is 10.7. The number of nitrogens with one attached hydrogen (secondary N) is 1. The maximum Gasteiger partial charge on any atom is 0.207 e. The van der Waals surface area contributed by atoms with Crippen molar-refractivity contribution in [3.05, 3.63) is 70.3 Å². The standard InChI is InChI=1S/C18H17NO/c1-13-6-7-15-9-8-14-4-2-3-5-16(14)18(11-19-12-20)17(15)10-13/h2-10,12,18H,11H2,1H3,(H,19,20). The SMILES string of the molecule is Cc1ccc2c(c1)C(CNC=O)c1ccccc1C=C2. The molecule has 2 aromatic rings. The van der Waals surface area contributed by atoms with Crippen LogP contribution in [-0.4, -0.2) is 13.0 Å². The number of hydrogen-bond acceptors (Lipinski definition) is 1. The summed E-state index contributed by atoms with van der Waals surface area (Å²) in [5.74, 6) is 0.196. The average molecular weight is 263 g/mol. The Kier molecular flexibility index (Phi) is 3.38. The molecule has 100 valence electrons. The molecule has 2 nitrogen and oxygen atoms in total. The van der Waals surface area contributed by atoms with E-state index < -0.39 is 0 Å². The van der Waals surface area contributed by atoms with Crippen molar-refractivity contribution in [1.29, 1.82) is 0 Å². The third-order valence-electron chi connectivity index (χ3n) is 3.84. The minimum absolute atomic E-state index is 0.196. The molecule has 0 radical (unpaired) electrons. The van der Waals surface area contributed by atoms with Crippen molar-refractivity contribution in [2.45, 2.75) is 12.8 Å². The van der Waals surface area contributed by atoms with E-state index in [1.165, 1.54) is 27.8 Å². The number of carbonyl (C=O) groups is 1. The summed E-state index contributed by atoms with van der Waals surface area (Å²) in [5, 5.41) is 2.84. The number of aryl methyl sites for hydroxylation is 1. The van der Waals surface area contributed by atoms with Crippen LogP contribution in [0.1, 0.15) is 33.7 Å². The Hall–Kier alpha value is -2.35. The zero-order valence-electron chi connectivity index (χ0n) is 11.5. The molecular formula is C18H17NO. The van der Waals surface area contributed by atoms with Crippen LogP contribution in [0, 0.1) is 6.92 Å². The lowest BCUT2D eigenvalue weighted by Crippen LogP contribution is -2.21. The molecule has 1 aliphatic carbocycles. The van der Waals surface area contributed by atoms with Crippen molar-refractivity contribution in [3.63, 3.8) is 0 Å². The van der Waals surface area contributed by atoms with E-state index in [0.717, 1.165) is 6.41 Å². The molecule has 0 fully saturated rings. The van der Waals surface area contributed by atoms with Gasteiger partial charge in [0.1, 0.15) is 0 Å². The number of hydrogen-bond donors (Lipinski definition) is 1. The molecule has 0 aromatic heterocycles. The van der Waals surface area contributed by atoms with E-state index in [2.05, 4.69) is 66.9 Å². The Labute approximate surface area is 119 Å². The summed E-state index contributed by atoms with van der Waals surface area (Å²) in [6, 6.07) is 14.9. The topological polar surface area (TPSA) is 29.1 Å². The van der Waals surface area contributed by atoms with Gasteiger partial charge in [-0.25, -0.2) is 0 Å². The van der Waals surface area contributed by atoms with Gasteiger partial charge in [0.15, 0.2) is 0 Å². The molecule has 20 heavy (non-hydrogen) atoms. The van der Waals surface area contributed by atoms with E-state index in [9.17, 15) is 4.79 Å². The Balaban J connectivity index is 2.17. The number of carbonyl (C=O) groups excluding carboxylic acids is 1. The number of fused-ring (bicyclic) bond motifs is 2. The van der Waals surface area contributed by atoms with Crippen molar-refractivity contribution >= 4 is 18.6 Å². The molecular weight excluding hydrogens is 246 g/mol. The van der Waals surface area contributed by atoms with Crippen LogP contribution in [0.4, 0.5) is 0 Å². The average Bonchev–Trinajstić information content (AvgIpc) is 2.62. The van der Waals surface area contributed by atoms with Gasteiger partial charge < -0.3 is 5.32 Å². The first kappa shape index (κ1) is 12.7. The third kappa shape index (κ3) is 2.25. The van der Waals surface area contributed by atoms with E-state index >= 15 is 0 Å². The maximum atomic E-state index is 10.7. The smallest absolute Gasteiger partial charge is 0.207 e. The number of benzene rings is 2. The summed E-state index contributed by atoms with van der Waals surface area (Å²) in [6.45, 7) is 2.73. The summed E-state index contributed by atoms with van der Waals surface area (Å²) >= 11 is 0. The molecule has 3 rings (SSSR count). The first-order valence-electron chi connectivity index (χ1n) is 6.84. The monoisotopic (exact) mass is 263 g/mol. The van der Waals surface area contributed by atoms with Crippen LogP contribution in [0.2, 0.25) is 0 Å². The molecule has 0 heterocycles. The fraction of sp³-hybridized carbons (Fsp3) is 0.167. The highest BCUT2D eigenvalue weighted by molar-refractivity contribution is 5.76. The lowest BCUT2D eigenvalue weighted by Gasteiger charge is -2.20. The van der Waals surface area contributed by atoms with E-state index in [1.807, 2.05) is 0 Å². The van der Waals surface area contributed by atoms with Crippen LogP contribution in [-0.2, 0) is 4.79 Å². The van der Waals surface area contributed by atoms with Gasteiger partial charge in [0, 0.05) is 12.5 Å². The van der Waals surface area contributed by atoms with E-state index in [-0.39, 0.29) is 5.92 Å². The lowest BCUT2D eigenvalue weighted by molar-refractivity contribution is -0.109. The molecule has 0 aliphatic heterocycles. The molecule has 1 amide bonds. The molecule has 2 heteroatoms. The summed E-state index contributed by atoms with van der Waals surface area (Å²) in [7, 11) is 0. The van der Waals surface area contributed by atoms with Gasteiger partial charge in [0.05, 0.1) is 0 Å². The van der Waals surface area contributed by atoms with Crippen LogP contribution in [0.5, 0.6) is 0 Å². The molecule has 2 aromatic carbocycles. The molecule has 1 atom stereocenters. The van der Waals surface area contributed by atoms with Gasteiger partial charge in [0.2, 0.25) is 6.41 Å². The van der Waals surface area contributed by atoms with Gasteiger partial charge in [0.25, 0.3) is 0 Å². The van der Waals surface area contributed by atoms with Gasteiger partial charge >= 0.3 is 0 Å². The number of rotatable bonds is 3. The second-order valence-corrected chi connectivity index (χ2v) is 5.17. The zero-order chi connectivity index (χ0) is 13.9. The minimum atomic E-state index is 0.196. The Morgan fingerprint density at radius 1 is 1.05 bits per heavy atom. The van der Waals surface area contributed by atoms with Crippen molar-refractivity contribution in [1.82, 2.24) is 5.32 Å². The lowest BCUT2D eigenvalue weighted by atomic mass is 9.87. The van der Waals surface area contributed by atoms with Crippen LogP contribution in [0.15, 0.2) is 42.5 Å². The van der Waals surface area contributed by atoms with Gasteiger partial charge in [-0.05, 0) is 29.2 Å². The van der Waals surface area contributed by atoms with Gasteiger partial charge in [-0.2, -0.15) is 0 Å². The van der Waals surface area contributed by atoms with Crippen molar-refractivity contribution in [2.75, 3.05) is 6.54 Å². The quantitative estimate of drug-likeness (QED) is 0.845. The predicted molar refractivity (Wildman–Crippen MR) is 82.5 cm³/mol. The molecule has 0 bridgehead atoms. The largest absolute Gasteiger partial charge is 0.358 e. The molecule has 0 saturated carbocycles. The van der Waals surface area contributed by atoms with Gasteiger partial charge in [-0.3, -0.25) is 4.79 Å². The van der Waals surface area contributed by atoms with Crippen molar-refractivity contribution < 1.29 is 4.79 Å². The summed E-state index contributed by atoms with van der Waals surface area (Å²) in [4.78, 5) is 10.7. The van der Waals surface area contributed by atoms with Crippen LogP contribution in [0.3, 0.4) is 0 Å². The van der Waals surface area contributed by atoms with Crippen molar-refractivity contribution in [2.24, 2.45) is 0 Å². The molecule has 1 unspecified atom stereocenters. The van der Waals surface area contributed by atoms with E-state index in [0.29, 0.717) is 6.54 Å². The van der Waals surface area contributed by atoms with Gasteiger partial charge in [-0.1, -0.05) is 60.2 Å². The number of amides is 1. The Morgan fingerprint density at radius 3 is 2.60 bits per heavy atom. The minimum Gasteiger partial charge on any atom is -0.358 e. The van der Waals surface area contributed by atoms with E-state index in [4.69, 9.17) is 0 Å². The Morgan fingerprint density at radius 2 is 1.80 bits per heavy atom. The van der Waals surface area contributed by atoms with Crippen molar-refractivity contribution in [3.8, 4) is 0 Å². The van der Waals surface area contributed by atoms with Crippen LogP contribution >= 0.6 is 0 Å². The van der Waals surface area contributed by atoms with Crippen LogP contribution in [0.25, 0.3) is 12.2 Å². The molecule has 1 aliphatic rings. The second-order valence-electron chi connectivity index (χ2n) is 5.17. The fourth-order valence-corrected chi connectivity index (χ4v) is 2.86. The highest BCUT2D eigenvalue weighted by Gasteiger charge is 2.20. The van der Waals surface area contributed by atoms with E-state index in [1.54, 1.807) is 0 Å². The Bertz CT molecular complexity index is 673. The van der Waals surface area contributed by atoms with Gasteiger partial charge in [-0.15, -0.1) is 0 Å². The normalized spacial score (nSPS) is 15.9. The van der Waals surface area contributed by atoms with Crippen LogP contribution < -0.4 is 5.32 Å². The highest BCUT2D eigenvalue weighted by Crippen LogP contribution is 2.34. The molecule has 0 saturated heterocycles. The predicted octanol–water partition coefficient (Wildman–Crippen LogP) is 3.36. The molecule has 0 spiro atoms. The fourth-order valence-electron chi connectivity index (χ4n) is 2.86. The first-order valence-corrected chi connectivity index (χ1v) is 6.84. The molecule has 1 N–H and O–H groups in total. The first-order chi connectivity index (χ1) is 9.79. The summed E-state index contributed by atoms with van der Waals surface area (Å²) < 4.78 is 0. The second kappa shape index (κ2) is 5.33. The summed E-state index contributed by atoms with van der Waals surface area (Å²) in [6.07, 6.45) is 5.09. The third-order valence-corrected chi connectivity index (χ3v) is 3.84. The summed E-state index contributed by atoms with van der Waals surface area (Å²) in [5.41, 5.74) is 6.24. The zero-order valence-corrected chi connectivity index (χ0v) is 11.5. The highest BCUT2D eigenvalue weighted by atomic mass is 16.1.